The summed E-state index contributed by atoms with van der Waals surface area (Å²) in [5.74, 6) is 0.404. The Hall–Kier alpha value is -3.18. The van der Waals surface area contributed by atoms with Gasteiger partial charge in [0, 0.05) is 11.9 Å². The maximum atomic E-state index is 12.4. The van der Waals surface area contributed by atoms with Crippen LogP contribution in [-0.4, -0.2) is 37.9 Å². The SMILES string of the molecule is CN(C)CCCOc1ccc(/C=C/C(=O)c2cc3ccccc3oc2=O)cc1. The summed E-state index contributed by atoms with van der Waals surface area (Å²) >= 11 is 0. The van der Waals surface area contributed by atoms with Crippen molar-refractivity contribution in [1.29, 1.82) is 0 Å². The second kappa shape index (κ2) is 9.15. The first kappa shape index (κ1) is 19.6. The molecule has 5 heteroatoms. The molecule has 1 aromatic heterocycles. The van der Waals surface area contributed by atoms with E-state index in [1.54, 1.807) is 30.3 Å². The van der Waals surface area contributed by atoms with Crippen molar-refractivity contribution in [3.63, 3.8) is 0 Å². The standard InChI is InChI=1S/C23H23NO4/c1-24(2)14-5-15-27-19-11-8-17(9-12-19)10-13-21(25)20-16-18-6-3-4-7-22(18)28-23(20)26/h3-4,6-13,16H,5,14-15H2,1-2H3/b13-10+. The Morgan fingerprint density at radius 1 is 1.11 bits per heavy atom. The first-order valence-electron chi connectivity index (χ1n) is 9.16. The molecule has 0 aliphatic carbocycles. The average molecular weight is 377 g/mol. The summed E-state index contributed by atoms with van der Waals surface area (Å²) in [6.45, 7) is 1.63. The van der Waals surface area contributed by atoms with Crippen molar-refractivity contribution in [2.24, 2.45) is 0 Å². The van der Waals surface area contributed by atoms with E-state index in [1.807, 2.05) is 44.4 Å². The summed E-state index contributed by atoms with van der Waals surface area (Å²) in [5, 5.41) is 0.717. The van der Waals surface area contributed by atoms with Crippen molar-refractivity contribution in [1.82, 2.24) is 4.90 Å². The quantitative estimate of drug-likeness (QED) is 0.257. The molecular formula is C23H23NO4. The Labute approximate surface area is 163 Å². The Bertz CT molecular complexity index is 1030. The molecule has 0 spiro atoms. The molecular weight excluding hydrogens is 354 g/mol. The Morgan fingerprint density at radius 3 is 2.61 bits per heavy atom. The van der Waals surface area contributed by atoms with Gasteiger partial charge in [0.1, 0.15) is 16.9 Å². The van der Waals surface area contributed by atoms with Crippen LogP contribution >= 0.6 is 0 Å². The molecule has 5 nitrogen and oxygen atoms in total. The summed E-state index contributed by atoms with van der Waals surface area (Å²) in [5.41, 5.74) is 0.707. The predicted molar refractivity (Wildman–Crippen MR) is 111 cm³/mol. The van der Waals surface area contributed by atoms with Crippen molar-refractivity contribution in [3.05, 3.63) is 82.2 Å². The zero-order chi connectivity index (χ0) is 19.9. The van der Waals surface area contributed by atoms with Crippen molar-refractivity contribution >= 4 is 22.8 Å². The number of hydrogen-bond donors (Lipinski definition) is 0. The average Bonchev–Trinajstić information content (AvgIpc) is 2.69. The fraction of sp³-hybridized carbons (Fsp3) is 0.217. The minimum absolute atomic E-state index is 0.0239. The number of fused-ring (bicyclic) bond motifs is 1. The highest BCUT2D eigenvalue weighted by atomic mass is 16.5. The smallest absolute Gasteiger partial charge is 0.347 e. The summed E-state index contributed by atoms with van der Waals surface area (Å²) in [6.07, 6.45) is 4.01. The van der Waals surface area contributed by atoms with Gasteiger partial charge in [-0.1, -0.05) is 36.4 Å². The zero-order valence-electron chi connectivity index (χ0n) is 16.1. The molecule has 0 saturated carbocycles. The number of rotatable bonds is 8. The Morgan fingerprint density at radius 2 is 1.86 bits per heavy atom. The van der Waals surface area contributed by atoms with E-state index in [0.717, 1.165) is 29.7 Å². The van der Waals surface area contributed by atoms with Gasteiger partial charge in [0.15, 0.2) is 5.78 Å². The van der Waals surface area contributed by atoms with E-state index >= 15 is 0 Å². The molecule has 0 saturated heterocycles. The molecule has 0 amide bonds. The number of allylic oxidation sites excluding steroid dienone is 1. The number of benzene rings is 2. The van der Waals surface area contributed by atoms with Gasteiger partial charge in [-0.25, -0.2) is 4.79 Å². The summed E-state index contributed by atoms with van der Waals surface area (Å²) in [7, 11) is 4.06. The lowest BCUT2D eigenvalue weighted by Gasteiger charge is -2.10. The van der Waals surface area contributed by atoms with Crippen LogP contribution in [0, 0.1) is 0 Å². The summed E-state index contributed by atoms with van der Waals surface area (Å²) in [4.78, 5) is 26.6. The second-order valence-electron chi connectivity index (χ2n) is 6.76. The molecule has 0 fully saturated rings. The highest BCUT2D eigenvalue weighted by Crippen LogP contribution is 2.15. The number of para-hydroxylation sites is 1. The number of carbonyl (C=O) groups is 1. The second-order valence-corrected chi connectivity index (χ2v) is 6.76. The minimum atomic E-state index is -0.630. The minimum Gasteiger partial charge on any atom is -0.494 e. The number of hydrogen-bond acceptors (Lipinski definition) is 5. The molecule has 0 atom stereocenters. The van der Waals surface area contributed by atoms with Crippen LogP contribution < -0.4 is 10.4 Å². The third-order valence-electron chi connectivity index (χ3n) is 4.23. The number of carbonyl (C=O) groups excluding carboxylic acids is 1. The van der Waals surface area contributed by atoms with Gasteiger partial charge in [0.2, 0.25) is 0 Å². The maximum Gasteiger partial charge on any atom is 0.347 e. The van der Waals surface area contributed by atoms with Gasteiger partial charge >= 0.3 is 5.63 Å². The van der Waals surface area contributed by atoms with Crippen LogP contribution in [0.15, 0.2) is 69.9 Å². The van der Waals surface area contributed by atoms with Gasteiger partial charge in [-0.05, 0) is 56.4 Å². The van der Waals surface area contributed by atoms with Gasteiger partial charge < -0.3 is 14.1 Å². The highest BCUT2D eigenvalue weighted by molar-refractivity contribution is 6.07. The van der Waals surface area contributed by atoms with E-state index in [4.69, 9.17) is 9.15 Å². The van der Waals surface area contributed by atoms with Gasteiger partial charge in [-0.15, -0.1) is 0 Å². The van der Waals surface area contributed by atoms with Crippen molar-refractivity contribution < 1.29 is 13.9 Å². The summed E-state index contributed by atoms with van der Waals surface area (Å²) < 4.78 is 10.9. The van der Waals surface area contributed by atoms with Crippen LogP contribution in [0.25, 0.3) is 17.0 Å². The third kappa shape index (κ3) is 5.18. The lowest BCUT2D eigenvalue weighted by molar-refractivity contribution is 0.104. The topological polar surface area (TPSA) is 59.8 Å². The normalized spacial score (nSPS) is 11.4. The lowest BCUT2D eigenvalue weighted by atomic mass is 10.1. The van der Waals surface area contributed by atoms with Gasteiger partial charge in [-0.3, -0.25) is 4.79 Å². The van der Waals surface area contributed by atoms with E-state index in [9.17, 15) is 9.59 Å². The van der Waals surface area contributed by atoms with E-state index in [2.05, 4.69) is 4.90 Å². The first-order chi connectivity index (χ1) is 13.5. The zero-order valence-corrected chi connectivity index (χ0v) is 16.1. The maximum absolute atomic E-state index is 12.4. The predicted octanol–water partition coefficient (Wildman–Crippen LogP) is 4.02. The molecule has 0 N–H and O–H groups in total. The van der Waals surface area contributed by atoms with Gasteiger partial charge in [0.05, 0.1) is 6.61 Å². The van der Waals surface area contributed by atoms with Crippen LogP contribution in [0.1, 0.15) is 22.3 Å². The largest absolute Gasteiger partial charge is 0.494 e. The van der Waals surface area contributed by atoms with Gasteiger partial charge in [0.25, 0.3) is 0 Å². The van der Waals surface area contributed by atoms with E-state index in [0.29, 0.717) is 12.2 Å². The molecule has 0 unspecified atom stereocenters. The van der Waals surface area contributed by atoms with Crippen LogP contribution in [-0.2, 0) is 0 Å². The van der Waals surface area contributed by atoms with Crippen LogP contribution in [0.5, 0.6) is 5.75 Å². The molecule has 0 radical (unpaired) electrons. The van der Waals surface area contributed by atoms with E-state index in [1.165, 1.54) is 6.08 Å². The molecule has 1 heterocycles. The van der Waals surface area contributed by atoms with Crippen LogP contribution in [0.4, 0.5) is 0 Å². The lowest BCUT2D eigenvalue weighted by Crippen LogP contribution is -2.15. The Balaban J connectivity index is 1.64. The van der Waals surface area contributed by atoms with Gasteiger partial charge in [-0.2, -0.15) is 0 Å². The van der Waals surface area contributed by atoms with Crippen molar-refractivity contribution in [3.8, 4) is 5.75 Å². The van der Waals surface area contributed by atoms with Crippen LogP contribution in [0.3, 0.4) is 0 Å². The first-order valence-corrected chi connectivity index (χ1v) is 9.16. The molecule has 3 rings (SSSR count). The van der Waals surface area contributed by atoms with E-state index < -0.39 is 5.63 Å². The van der Waals surface area contributed by atoms with Crippen molar-refractivity contribution in [2.75, 3.05) is 27.2 Å². The molecule has 3 aromatic rings. The number of ketones is 1. The fourth-order valence-corrected chi connectivity index (χ4v) is 2.74. The molecule has 0 aliphatic heterocycles. The van der Waals surface area contributed by atoms with Crippen LogP contribution in [0.2, 0.25) is 0 Å². The molecule has 144 valence electrons. The third-order valence-corrected chi connectivity index (χ3v) is 4.23. The molecule has 28 heavy (non-hydrogen) atoms. The highest BCUT2D eigenvalue weighted by Gasteiger charge is 2.10. The molecule has 2 aromatic carbocycles. The number of ether oxygens (including phenoxy) is 1. The number of nitrogens with zero attached hydrogens (tertiary/aromatic N) is 1. The fourth-order valence-electron chi connectivity index (χ4n) is 2.74. The molecule has 0 aliphatic rings. The Kier molecular flexibility index (Phi) is 6.40. The van der Waals surface area contributed by atoms with Crippen molar-refractivity contribution in [2.45, 2.75) is 6.42 Å². The van der Waals surface area contributed by atoms with E-state index in [-0.39, 0.29) is 11.3 Å². The molecule has 0 bridgehead atoms. The summed E-state index contributed by atoms with van der Waals surface area (Å²) in [6, 6.07) is 16.1. The monoisotopic (exact) mass is 377 g/mol.